The molecule has 0 radical (unpaired) electrons. The molecule has 8 nitrogen and oxygen atoms in total. The van der Waals surface area contributed by atoms with Gasteiger partial charge in [0.1, 0.15) is 17.0 Å². The van der Waals surface area contributed by atoms with Crippen LogP contribution in [0.4, 0.5) is 0 Å². The van der Waals surface area contributed by atoms with Crippen LogP contribution in [-0.4, -0.2) is 55.2 Å². The van der Waals surface area contributed by atoms with E-state index < -0.39 is 45.1 Å². The van der Waals surface area contributed by atoms with E-state index in [0.717, 1.165) is 0 Å². The largest absolute Gasteiger partial charge is 0.480 e. The van der Waals surface area contributed by atoms with Crippen LogP contribution in [0.25, 0.3) is 0 Å². The van der Waals surface area contributed by atoms with Gasteiger partial charge in [-0.15, -0.1) is 16.9 Å². The van der Waals surface area contributed by atoms with Crippen molar-refractivity contribution < 1.29 is 24.2 Å². The van der Waals surface area contributed by atoms with Crippen molar-refractivity contribution in [1.29, 1.82) is 0 Å². The molecule has 0 aliphatic carbocycles. The number of fused-ring (bicyclic) bond motifs is 2. The molecule has 1 amide bonds. The number of ether oxygens (including phenoxy) is 1. The SMILES string of the molecule is CC(C)(C)OC(=O)C1=CC2(N=N1)C(=O)N1[C@@H](C(=O)O)C(C)(C)S[C@@H]12. The third kappa shape index (κ3) is 2.25. The van der Waals surface area contributed by atoms with E-state index >= 15 is 0 Å². The number of hydrogen-bond acceptors (Lipinski definition) is 7. The Bertz CT molecular complexity index is 708. The number of carboxylic acid groups (broad SMARTS) is 1. The zero-order valence-corrected chi connectivity index (χ0v) is 14.9. The smallest absolute Gasteiger partial charge is 0.359 e. The molecule has 9 heteroatoms. The molecule has 0 aromatic rings. The highest BCUT2D eigenvalue weighted by atomic mass is 32.2. The quantitative estimate of drug-likeness (QED) is 0.596. The maximum Gasteiger partial charge on any atom is 0.359 e. The number of carboxylic acids is 1. The molecular weight excluding hydrogens is 334 g/mol. The minimum Gasteiger partial charge on any atom is -0.480 e. The fraction of sp³-hybridized carbons (Fsp3) is 0.667. The van der Waals surface area contributed by atoms with Crippen LogP contribution in [0.15, 0.2) is 22.0 Å². The summed E-state index contributed by atoms with van der Waals surface area (Å²) in [6.07, 6.45) is 1.40. The van der Waals surface area contributed by atoms with Crippen LogP contribution in [0, 0.1) is 0 Å². The second-order valence-corrected chi connectivity index (χ2v) is 9.32. The summed E-state index contributed by atoms with van der Waals surface area (Å²) in [4.78, 5) is 37.6. The first kappa shape index (κ1) is 16.9. The number of esters is 1. The first-order chi connectivity index (χ1) is 10.9. The fourth-order valence-corrected chi connectivity index (χ4v) is 4.77. The molecule has 3 aliphatic rings. The summed E-state index contributed by atoms with van der Waals surface area (Å²) >= 11 is 1.35. The van der Waals surface area contributed by atoms with Crippen LogP contribution < -0.4 is 0 Å². The first-order valence-corrected chi connectivity index (χ1v) is 8.39. The van der Waals surface area contributed by atoms with Gasteiger partial charge in [0.05, 0.1) is 0 Å². The maximum atomic E-state index is 12.6. The lowest BCUT2D eigenvalue weighted by Gasteiger charge is -2.47. The van der Waals surface area contributed by atoms with Crippen LogP contribution in [0.5, 0.6) is 0 Å². The van der Waals surface area contributed by atoms with E-state index in [0.29, 0.717) is 0 Å². The molecule has 3 rings (SSSR count). The molecule has 1 N–H and O–H groups in total. The predicted molar refractivity (Wildman–Crippen MR) is 85.2 cm³/mol. The van der Waals surface area contributed by atoms with Gasteiger partial charge in [0.2, 0.25) is 5.54 Å². The molecule has 24 heavy (non-hydrogen) atoms. The van der Waals surface area contributed by atoms with Crippen LogP contribution >= 0.6 is 11.8 Å². The zero-order chi connectivity index (χ0) is 18.1. The summed E-state index contributed by atoms with van der Waals surface area (Å²) in [5.74, 6) is -2.14. The number of rotatable bonds is 2. The van der Waals surface area contributed by atoms with E-state index in [-0.39, 0.29) is 5.70 Å². The summed E-state index contributed by atoms with van der Waals surface area (Å²) in [5.41, 5.74) is -1.99. The Balaban J connectivity index is 1.88. The lowest BCUT2D eigenvalue weighted by Crippen LogP contribution is -2.71. The predicted octanol–water partition coefficient (Wildman–Crippen LogP) is 1.56. The number of β-lactam (4-membered cyclic amide) rings is 1. The van der Waals surface area contributed by atoms with Crippen molar-refractivity contribution in [2.45, 2.75) is 61.9 Å². The van der Waals surface area contributed by atoms with E-state index in [9.17, 15) is 19.5 Å². The molecule has 3 aliphatic heterocycles. The van der Waals surface area contributed by atoms with Crippen LogP contribution in [0.1, 0.15) is 34.6 Å². The molecule has 130 valence electrons. The number of thioether (sulfide) groups is 1. The van der Waals surface area contributed by atoms with Gasteiger partial charge in [-0.3, -0.25) is 4.79 Å². The van der Waals surface area contributed by atoms with E-state index in [1.54, 1.807) is 34.6 Å². The van der Waals surface area contributed by atoms with Crippen molar-refractivity contribution in [3.8, 4) is 0 Å². The molecule has 3 heterocycles. The number of hydrogen-bond donors (Lipinski definition) is 1. The highest BCUT2D eigenvalue weighted by molar-refractivity contribution is 8.01. The summed E-state index contributed by atoms with van der Waals surface area (Å²) in [5, 5.41) is 16.8. The highest BCUT2D eigenvalue weighted by Crippen LogP contribution is 2.58. The topological polar surface area (TPSA) is 109 Å². The van der Waals surface area contributed by atoms with Gasteiger partial charge in [-0.25, -0.2) is 9.59 Å². The van der Waals surface area contributed by atoms with Crippen molar-refractivity contribution in [2.24, 2.45) is 10.2 Å². The monoisotopic (exact) mass is 353 g/mol. The van der Waals surface area contributed by atoms with Gasteiger partial charge >= 0.3 is 11.9 Å². The Kier molecular flexibility index (Phi) is 3.39. The molecule has 0 saturated carbocycles. The Hall–Kier alpha value is -1.90. The molecule has 1 spiro atoms. The van der Waals surface area contributed by atoms with E-state index in [1.165, 1.54) is 22.7 Å². The lowest BCUT2D eigenvalue weighted by molar-refractivity contribution is -0.162. The third-order valence-corrected chi connectivity index (χ3v) is 5.72. The molecule has 3 atom stereocenters. The van der Waals surface area contributed by atoms with Gasteiger partial charge in [0.25, 0.3) is 5.91 Å². The van der Waals surface area contributed by atoms with Gasteiger partial charge in [-0.05, 0) is 40.7 Å². The molecule has 0 aromatic carbocycles. The van der Waals surface area contributed by atoms with E-state index in [4.69, 9.17) is 4.74 Å². The van der Waals surface area contributed by atoms with Crippen LogP contribution in [0.2, 0.25) is 0 Å². The van der Waals surface area contributed by atoms with E-state index in [2.05, 4.69) is 10.2 Å². The number of amides is 1. The van der Waals surface area contributed by atoms with Crippen molar-refractivity contribution in [1.82, 2.24) is 4.90 Å². The molecular formula is C15H19N3O5S. The zero-order valence-electron chi connectivity index (χ0n) is 14.1. The molecule has 1 unspecified atom stereocenters. The highest BCUT2D eigenvalue weighted by Gasteiger charge is 2.72. The Labute approximate surface area is 143 Å². The van der Waals surface area contributed by atoms with Crippen molar-refractivity contribution >= 4 is 29.6 Å². The first-order valence-electron chi connectivity index (χ1n) is 7.51. The number of azo groups is 1. The summed E-state index contributed by atoms with van der Waals surface area (Å²) in [6.45, 7) is 8.75. The van der Waals surface area contributed by atoms with Crippen molar-refractivity contribution in [3.63, 3.8) is 0 Å². The van der Waals surface area contributed by atoms with Crippen molar-refractivity contribution in [2.75, 3.05) is 0 Å². The number of carbonyl (C=O) groups is 3. The summed E-state index contributed by atoms with van der Waals surface area (Å²) < 4.78 is 4.58. The van der Waals surface area contributed by atoms with Crippen LogP contribution in [0.3, 0.4) is 0 Å². The lowest BCUT2D eigenvalue weighted by atomic mass is 9.85. The Morgan fingerprint density at radius 2 is 2.00 bits per heavy atom. The second-order valence-electron chi connectivity index (χ2n) is 7.58. The summed E-state index contributed by atoms with van der Waals surface area (Å²) in [7, 11) is 0. The van der Waals surface area contributed by atoms with Gasteiger partial charge in [-0.2, -0.15) is 5.11 Å². The number of nitrogens with zero attached hydrogens (tertiary/aromatic N) is 3. The molecule has 0 aromatic heterocycles. The average Bonchev–Trinajstić information content (AvgIpc) is 2.96. The van der Waals surface area contributed by atoms with Crippen molar-refractivity contribution in [3.05, 3.63) is 11.8 Å². The van der Waals surface area contributed by atoms with Gasteiger partial charge in [0, 0.05) is 4.75 Å². The van der Waals surface area contributed by atoms with E-state index in [1.807, 2.05) is 0 Å². The molecule has 0 bridgehead atoms. The minimum atomic E-state index is -1.29. The van der Waals surface area contributed by atoms with Gasteiger partial charge in [-0.1, -0.05) is 0 Å². The molecule has 2 fully saturated rings. The Morgan fingerprint density at radius 3 is 2.54 bits per heavy atom. The minimum absolute atomic E-state index is 0.0184. The third-order valence-electron chi connectivity index (χ3n) is 4.08. The average molecular weight is 353 g/mol. The number of aliphatic carboxylic acids is 1. The number of carbonyl (C=O) groups excluding carboxylic acids is 2. The standard InChI is InChI=1S/C15H19N3O5S/c1-13(2,3)23-10(21)7-6-15(17-16-7)11(22)18-8(9(19)20)14(4,5)24-12(15)18/h6,8,12H,1-5H3,(H,19,20)/t8-,12+,15?/m0/s1. The summed E-state index contributed by atoms with van der Waals surface area (Å²) in [6, 6.07) is -0.931. The van der Waals surface area contributed by atoms with Gasteiger partial charge < -0.3 is 14.7 Å². The maximum absolute atomic E-state index is 12.6. The van der Waals surface area contributed by atoms with Crippen LogP contribution in [-0.2, 0) is 19.1 Å². The van der Waals surface area contributed by atoms with Gasteiger partial charge in [0.15, 0.2) is 5.70 Å². The fourth-order valence-electron chi connectivity index (χ4n) is 3.13. The normalized spacial score (nSPS) is 33.3. The second kappa shape index (κ2) is 4.81. The molecule has 2 saturated heterocycles. The Morgan fingerprint density at radius 1 is 1.38 bits per heavy atom.